The Morgan fingerprint density at radius 1 is 0.284 bits per heavy atom. The van der Waals surface area contributed by atoms with E-state index in [0.29, 0.717) is 0 Å². The Labute approximate surface area is 427 Å². The molecule has 0 bridgehead atoms. The molecule has 6 heterocycles. The largest absolute Gasteiger partial charge is 0.458 e. The highest BCUT2D eigenvalue weighted by Crippen LogP contribution is 2.51. The van der Waals surface area contributed by atoms with E-state index in [-0.39, 0.29) is 13.4 Å². The van der Waals surface area contributed by atoms with Gasteiger partial charge in [-0.2, -0.15) is 0 Å². The maximum absolute atomic E-state index is 7.38. The molecular weight excluding hydrogens is 902 g/mol. The van der Waals surface area contributed by atoms with Crippen LogP contribution in [-0.2, 0) is 0 Å². The van der Waals surface area contributed by atoms with Crippen LogP contribution in [0.1, 0.15) is 0 Å². The molecule has 2 aromatic heterocycles. The first-order valence-corrected chi connectivity index (χ1v) is 25.5. The summed E-state index contributed by atoms with van der Waals surface area (Å²) in [7, 11) is 0. The first kappa shape index (κ1) is 40.0. The van der Waals surface area contributed by atoms with Gasteiger partial charge in [0.05, 0.1) is 32.8 Å². The number of ether oxygens (including phenoxy) is 2. The summed E-state index contributed by atoms with van der Waals surface area (Å²) in [5.41, 5.74) is 20.4. The third kappa shape index (κ3) is 5.30. The Morgan fingerprint density at radius 2 is 0.649 bits per heavy atom. The number of rotatable bonds is 4. The van der Waals surface area contributed by atoms with E-state index >= 15 is 0 Å². The Balaban J connectivity index is 1.03. The molecule has 0 spiro atoms. The van der Waals surface area contributed by atoms with Gasteiger partial charge in [0.25, 0.3) is 13.4 Å². The maximum atomic E-state index is 7.38. The van der Waals surface area contributed by atoms with Crippen molar-refractivity contribution in [2.24, 2.45) is 0 Å². The van der Waals surface area contributed by atoms with Crippen LogP contribution in [-0.4, -0.2) is 22.6 Å². The molecule has 4 aliphatic heterocycles. The summed E-state index contributed by atoms with van der Waals surface area (Å²) in [6.07, 6.45) is 0. The molecule has 4 aliphatic rings. The van der Waals surface area contributed by atoms with E-state index in [4.69, 9.17) is 9.47 Å². The van der Waals surface area contributed by atoms with E-state index in [1.807, 2.05) is 0 Å². The normalized spacial score (nSPS) is 13.5. The van der Waals surface area contributed by atoms with Crippen molar-refractivity contribution in [3.63, 3.8) is 0 Å². The minimum Gasteiger partial charge on any atom is -0.458 e. The number of hydrogen-bond donors (Lipinski definition) is 0. The standard InChI is InChI=1S/C66H40B2N4O2/c1-5-21-41(22-6-1)69-51-33-17-13-29-45(51)61-55(69)39-57-63-65(61)73-59-35-19-15-31-47(59)67(63)49-37-50-54(38-53(49)71(57)43-25-9-3-10-26-43)72(44-27-11-4-12-28-44)58-40-56-62(66-64(58)68(50)48-32-16-20-36-60(48)74-66)46-30-14-18-34-52(46)70(56)42-23-7-2-8-24-42/h1-40H. The third-order valence-electron chi connectivity index (χ3n) is 16.1. The number of para-hydroxylation sites is 8. The van der Waals surface area contributed by atoms with E-state index in [2.05, 4.69) is 262 Å². The number of aromatic nitrogens is 2. The summed E-state index contributed by atoms with van der Waals surface area (Å²) in [5.74, 6) is 3.57. The van der Waals surface area contributed by atoms with Gasteiger partial charge >= 0.3 is 0 Å². The van der Waals surface area contributed by atoms with Gasteiger partial charge in [0.2, 0.25) is 0 Å². The second-order valence-corrected chi connectivity index (χ2v) is 19.9. The van der Waals surface area contributed by atoms with Gasteiger partial charge in [-0.25, -0.2) is 0 Å². The van der Waals surface area contributed by atoms with Crippen molar-refractivity contribution in [3.05, 3.63) is 243 Å². The van der Waals surface area contributed by atoms with Crippen LogP contribution in [0.3, 0.4) is 0 Å². The minimum atomic E-state index is -0.152. The lowest BCUT2D eigenvalue weighted by molar-refractivity contribution is 0.493. The smallest absolute Gasteiger partial charge is 0.256 e. The lowest BCUT2D eigenvalue weighted by Crippen LogP contribution is -2.63. The summed E-state index contributed by atoms with van der Waals surface area (Å²) < 4.78 is 19.6. The van der Waals surface area contributed by atoms with Crippen LogP contribution in [0.15, 0.2) is 243 Å². The van der Waals surface area contributed by atoms with Gasteiger partial charge < -0.3 is 28.4 Å². The van der Waals surface area contributed by atoms with Gasteiger partial charge in [0.15, 0.2) is 0 Å². The highest BCUT2D eigenvalue weighted by atomic mass is 16.5. The molecular formula is C66H40B2N4O2. The van der Waals surface area contributed by atoms with Crippen LogP contribution in [0.5, 0.6) is 23.0 Å². The topological polar surface area (TPSA) is 34.8 Å². The van der Waals surface area contributed by atoms with Crippen LogP contribution >= 0.6 is 0 Å². The van der Waals surface area contributed by atoms with Gasteiger partial charge in [0, 0.05) is 56.3 Å². The summed E-state index contributed by atoms with van der Waals surface area (Å²) in [5, 5.41) is 4.54. The molecule has 13 aromatic rings. The SMILES string of the molecule is c1ccc(N2c3cc4c(cc3B3c5ccccc5Oc5c3c2cc2c5c3ccccc3n2-c2ccccc2)B2c3ccccc3Oc3c2c(cc2c3c3ccccc3n2-c2ccccc2)N4c2ccccc2)cc1. The molecule has 74 heavy (non-hydrogen) atoms. The van der Waals surface area contributed by atoms with E-state index in [9.17, 15) is 0 Å². The van der Waals surface area contributed by atoms with Crippen LogP contribution in [0.2, 0.25) is 0 Å². The van der Waals surface area contributed by atoms with Crippen molar-refractivity contribution in [2.75, 3.05) is 9.80 Å². The molecule has 6 nitrogen and oxygen atoms in total. The van der Waals surface area contributed by atoms with Crippen molar-refractivity contribution in [3.8, 4) is 34.4 Å². The predicted octanol–water partition coefficient (Wildman–Crippen LogP) is 12.7. The Morgan fingerprint density at radius 3 is 1.08 bits per heavy atom. The zero-order valence-electron chi connectivity index (χ0n) is 39.9. The molecule has 0 amide bonds. The second kappa shape index (κ2) is 14.9. The molecule has 0 saturated carbocycles. The third-order valence-corrected chi connectivity index (χ3v) is 16.1. The van der Waals surface area contributed by atoms with Crippen molar-refractivity contribution in [2.45, 2.75) is 0 Å². The number of benzene rings is 11. The van der Waals surface area contributed by atoms with Crippen LogP contribution in [0, 0.1) is 0 Å². The predicted molar refractivity (Wildman–Crippen MR) is 307 cm³/mol. The molecule has 8 heteroatoms. The Kier molecular flexibility index (Phi) is 8.08. The number of hydrogen-bond acceptors (Lipinski definition) is 4. The molecule has 11 aromatic carbocycles. The molecule has 0 aliphatic carbocycles. The van der Waals surface area contributed by atoms with E-state index in [0.717, 1.165) is 123 Å². The first-order valence-electron chi connectivity index (χ1n) is 25.5. The fourth-order valence-electron chi connectivity index (χ4n) is 13.3. The lowest BCUT2D eigenvalue weighted by atomic mass is 9.30. The summed E-state index contributed by atoms with van der Waals surface area (Å²) in [6, 6.07) is 88.2. The van der Waals surface area contributed by atoms with Gasteiger partial charge in [-0.15, -0.1) is 0 Å². The first-order chi connectivity index (χ1) is 36.8. The fraction of sp³-hybridized carbons (Fsp3) is 0. The molecule has 342 valence electrons. The van der Waals surface area contributed by atoms with Crippen molar-refractivity contribution >= 4 is 124 Å². The number of fused-ring (bicyclic) bond motifs is 16. The Bertz CT molecular complexity index is 4230. The van der Waals surface area contributed by atoms with Crippen LogP contribution < -0.4 is 52.1 Å². The maximum Gasteiger partial charge on any atom is 0.256 e. The van der Waals surface area contributed by atoms with Gasteiger partial charge in [-0.05, 0) is 124 Å². The van der Waals surface area contributed by atoms with Crippen molar-refractivity contribution in [1.82, 2.24) is 9.13 Å². The van der Waals surface area contributed by atoms with Gasteiger partial charge in [0.1, 0.15) is 23.0 Å². The molecule has 0 saturated heterocycles. The monoisotopic (exact) mass is 942 g/mol. The second-order valence-electron chi connectivity index (χ2n) is 19.9. The van der Waals surface area contributed by atoms with E-state index in [1.54, 1.807) is 0 Å². The van der Waals surface area contributed by atoms with Gasteiger partial charge in [-0.1, -0.05) is 152 Å². The Hall–Kier alpha value is -9.65. The molecule has 0 atom stereocenters. The van der Waals surface area contributed by atoms with Gasteiger partial charge in [-0.3, -0.25) is 0 Å². The highest BCUT2D eigenvalue weighted by Gasteiger charge is 2.48. The molecule has 17 rings (SSSR count). The molecule has 0 N–H and O–H groups in total. The van der Waals surface area contributed by atoms with Crippen molar-refractivity contribution in [1.29, 1.82) is 0 Å². The summed E-state index contributed by atoms with van der Waals surface area (Å²) >= 11 is 0. The quantitative estimate of drug-likeness (QED) is 0.165. The minimum absolute atomic E-state index is 0.152. The van der Waals surface area contributed by atoms with Crippen LogP contribution in [0.4, 0.5) is 34.1 Å². The fourth-order valence-corrected chi connectivity index (χ4v) is 13.3. The molecule has 0 fully saturated rings. The molecule has 0 radical (unpaired) electrons. The summed E-state index contributed by atoms with van der Waals surface area (Å²) in [6.45, 7) is -0.304. The van der Waals surface area contributed by atoms with E-state index in [1.165, 1.54) is 21.9 Å². The van der Waals surface area contributed by atoms with Crippen molar-refractivity contribution < 1.29 is 9.47 Å². The molecule has 0 unspecified atom stereocenters. The highest BCUT2D eigenvalue weighted by molar-refractivity contribution is 7.02. The zero-order valence-corrected chi connectivity index (χ0v) is 39.9. The van der Waals surface area contributed by atoms with Crippen LogP contribution in [0.25, 0.3) is 55.0 Å². The van der Waals surface area contributed by atoms with E-state index < -0.39 is 0 Å². The lowest BCUT2D eigenvalue weighted by Gasteiger charge is -2.44. The zero-order chi connectivity index (χ0) is 48.2. The summed E-state index contributed by atoms with van der Waals surface area (Å²) in [4.78, 5) is 5.01. The average molecular weight is 943 g/mol. The average Bonchev–Trinajstić information content (AvgIpc) is 4.00. The number of nitrogens with zero attached hydrogens (tertiary/aromatic N) is 4. The number of anilines is 6.